The van der Waals surface area contributed by atoms with E-state index in [1.54, 1.807) is 6.92 Å². The number of ether oxygens (including phenoxy) is 1. The molecule has 0 spiro atoms. The summed E-state index contributed by atoms with van der Waals surface area (Å²) in [6.45, 7) is 1.92. The Morgan fingerprint density at radius 3 is 2.82 bits per heavy atom. The number of nitrogens with zero attached hydrogens (tertiary/aromatic N) is 1. The Labute approximate surface area is 103 Å². The fourth-order valence-electron chi connectivity index (χ4n) is 1.32. The molecule has 0 saturated carbocycles. The van der Waals surface area contributed by atoms with Gasteiger partial charge in [0, 0.05) is 17.6 Å². The minimum absolute atomic E-state index is 0.0354. The van der Waals surface area contributed by atoms with Gasteiger partial charge in [0.2, 0.25) is 0 Å². The van der Waals surface area contributed by atoms with E-state index in [1.807, 2.05) is 0 Å². The molecule has 0 unspecified atom stereocenters. The van der Waals surface area contributed by atoms with E-state index >= 15 is 0 Å². The Balaban J connectivity index is 2.88. The van der Waals surface area contributed by atoms with Crippen LogP contribution in [0.15, 0.2) is 12.3 Å². The predicted octanol–water partition coefficient (Wildman–Crippen LogP) is 2.86. The number of hydrogen-bond donors (Lipinski definition) is 0. The van der Waals surface area contributed by atoms with Gasteiger partial charge in [-0.05, 0) is 18.6 Å². The number of pyridine rings is 1. The molecule has 0 radical (unpaired) electrons. The first-order chi connectivity index (χ1) is 8.08. The van der Waals surface area contributed by atoms with Gasteiger partial charge in [-0.3, -0.25) is 9.78 Å². The maximum atomic E-state index is 12.7. The van der Waals surface area contributed by atoms with E-state index in [0.29, 0.717) is 0 Å². The molecule has 0 aliphatic carbocycles. The van der Waals surface area contributed by atoms with Crippen molar-refractivity contribution in [2.24, 2.45) is 0 Å². The molecular weight excluding hydrogens is 252 g/mol. The fraction of sp³-hybridized carbons (Fsp3) is 0.455. The maximum absolute atomic E-state index is 12.7. The number of esters is 1. The van der Waals surface area contributed by atoms with Gasteiger partial charge in [0.15, 0.2) is 0 Å². The predicted molar refractivity (Wildman–Crippen MR) is 59.1 cm³/mol. The van der Waals surface area contributed by atoms with Gasteiger partial charge in [-0.2, -0.15) is 0 Å². The van der Waals surface area contributed by atoms with Gasteiger partial charge in [0.25, 0.3) is 6.43 Å². The van der Waals surface area contributed by atoms with Crippen LogP contribution in [0, 0.1) is 0 Å². The quantitative estimate of drug-likeness (QED) is 0.606. The first kappa shape index (κ1) is 13.8. The van der Waals surface area contributed by atoms with Crippen LogP contribution in [0.4, 0.5) is 8.78 Å². The van der Waals surface area contributed by atoms with Crippen molar-refractivity contribution in [1.82, 2.24) is 4.98 Å². The molecule has 0 aliphatic heterocycles. The zero-order valence-corrected chi connectivity index (χ0v) is 10.0. The van der Waals surface area contributed by atoms with E-state index in [1.165, 1.54) is 12.3 Å². The lowest BCUT2D eigenvalue weighted by molar-refractivity contribution is -0.142. The van der Waals surface area contributed by atoms with Crippen LogP contribution in [0.3, 0.4) is 0 Å². The molecular formula is C11H12ClF2NO2. The number of halogens is 3. The Morgan fingerprint density at radius 1 is 1.59 bits per heavy atom. The molecule has 0 amide bonds. The molecule has 1 aromatic rings. The van der Waals surface area contributed by atoms with E-state index in [0.717, 1.165) is 0 Å². The van der Waals surface area contributed by atoms with Crippen molar-refractivity contribution in [2.45, 2.75) is 25.7 Å². The Hall–Kier alpha value is -1.23. The van der Waals surface area contributed by atoms with E-state index < -0.39 is 12.4 Å². The van der Waals surface area contributed by atoms with Crippen molar-refractivity contribution in [3.8, 4) is 0 Å². The zero-order chi connectivity index (χ0) is 12.8. The number of rotatable bonds is 5. The Morgan fingerprint density at radius 2 is 2.29 bits per heavy atom. The van der Waals surface area contributed by atoms with Crippen LogP contribution in [0.25, 0.3) is 0 Å². The molecule has 0 fully saturated rings. The van der Waals surface area contributed by atoms with Gasteiger partial charge in [-0.25, -0.2) is 8.78 Å². The number of carbonyl (C=O) groups excluding carboxylic acids is 1. The first-order valence-corrected chi connectivity index (χ1v) is 5.59. The van der Waals surface area contributed by atoms with Crippen molar-refractivity contribution in [1.29, 1.82) is 0 Å². The number of hydrogen-bond acceptors (Lipinski definition) is 3. The van der Waals surface area contributed by atoms with E-state index in [4.69, 9.17) is 16.3 Å². The van der Waals surface area contributed by atoms with Crippen LogP contribution in [0.5, 0.6) is 0 Å². The van der Waals surface area contributed by atoms with Crippen molar-refractivity contribution in [3.05, 3.63) is 29.1 Å². The topological polar surface area (TPSA) is 39.2 Å². The molecule has 0 N–H and O–H groups in total. The largest absolute Gasteiger partial charge is 0.466 e. The average molecular weight is 264 g/mol. The average Bonchev–Trinajstić information content (AvgIpc) is 2.29. The summed E-state index contributed by atoms with van der Waals surface area (Å²) in [4.78, 5) is 15.1. The van der Waals surface area contributed by atoms with Gasteiger partial charge in [0.05, 0.1) is 18.7 Å². The molecule has 94 valence electrons. The summed E-state index contributed by atoms with van der Waals surface area (Å²) < 4.78 is 30.1. The third kappa shape index (κ3) is 3.93. The minimum atomic E-state index is -2.63. The van der Waals surface area contributed by atoms with Crippen LogP contribution >= 0.6 is 11.6 Å². The summed E-state index contributed by atoms with van der Waals surface area (Å²) in [5.41, 5.74) is 0.344. The third-order valence-corrected chi connectivity index (χ3v) is 2.38. The fourth-order valence-corrected chi connectivity index (χ4v) is 1.54. The Kier molecular flexibility index (Phi) is 5.28. The standard InChI is InChI=1S/C11H12ClF2NO2/c1-2-17-10(16)4-8-3-9(11(13)14)7(5-12)6-15-8/h3,6,11H,2,4-5H2,1H3. The summed E-state index contributed by atoms with van der Waals surface area (Å²) >= 11 is 5.52. The molecule has 0 atom stereocenters. The third-order valence-electron chi connectivity index (χ3n) is 2.09. The highest BCUT2D eigenvalue weighted by Gasteiger charge is 2.15. The summed E-state index contributed by atoms with van der Waals surface area (Å²) in [5.74, 6) is -0.523. The van der Waals surface area contributed by atoms with Crippen LogP contribution in [0.2, 0.25) is 0 Å². The second-order valence-electron chi connectivity index (χ2n) is 3.29. The molecule has 1 rings (SSSR count). The van der Waals surface area contributed by atoms with Crippen LogP contribution in [-0.4, -0.2) is 17.6 Å². The normalized spacial score (nSPS) is 10.6. The monoisotopic (exact) mass is 263 g/mol. The smallest absolute Gasteiger partial charge is 0.311 e. The van der Waals surface area contributed by atoms with Crippen molar-refractivity contribution < 1.29 is 18.3 Å². The summed E-state index contributed by atoms with van der Waals surface area (Å²) in [5, 5.41) is 0. The number of aromatic nitrogens is 1. The molecule has 0 saturated heterocycles. The van der Waals surface area contributed by atoms with Gasteiger partial charge in [0.1, 0.15) is 0 Å². The molecule has 1 heterocycles. The van der Waals surface area contributed by atoms with Crippen LogP contribution in [0.1, 0.15) is 30.2 Å². The second kappa shape index (κ2) is 6.49. The van der Waals surface area contributed by atoms with Crippen molar-refractivity contribution in [3.63, 3.8) is 0 Å². The Bertz CT molecular complexity index is 399. The van der Waals surface area contributed by atoms with E-state index in [9.17, 15) is 13.6 Å². The van der Waals surface area contributed by atoms with Crippen LogP contribution < -0.4 is 0 Å². The molecule has 1 aromatic heterocycles. The highest BCUT2D eigenvalue weighted by molar-refractivity contribution is 6.17. The minimum Gasteiger partial charge on any atom is -0.466 e. The molecule has 0 bridgehead atoms. The van der Waals surface area contributed by atoms with E-state index in [-0.39, 0.29) is 35.7 Å². The van der Waals surface area contributed by atoms with Gasteiger partial charge in [-0.15, -0.1) is 11.6 Å². The van der Waals surface area contributed by atoms with Crippen molar-refractivity contribution in [2.75, 3.05) is 6.61 Å². The van der Waals surface area contributed by atoms with Crippen molar-refractivity contribution >= 4 is 17.6 Å². The van der Waals surface area contributed by atoms with Gasteiger partial charge < -0.3 is 4.74 Å². The number of carbonyl (C=O) groups is 1. The molecule has 0 aliphatic rings. The van der Waals surface area contributed by atoms with Crippen LogP contribution in [-0.2, 0) is 21.8 Å². The lowest BCUT2D eigenvalue weighted by Crippen LogP contribution is -2.09. The molecule has 17 heavy (non-hydrogen) atoms. The number of alkyl halides is 3. The lowest BCUT2D eigenvalue weighted by Gasteiger charge is -2.08. The highest BCUT2D eigenvalue weighted by Crippen LogP contribution is 2.24. The summed E-state index contributed by atoms with van der Waals surface area (Å²) in [6, 6.07) is 1.19. The van der Waals surface area contributed by atoms with E-state index in [2.05, 4.69) is 4.98 Å². The summed E-state index contributed by atoms with van der Waals surface area (Å²) in [7, 11) is 0. The SMILES string of the molecule is CCOC(=O)Cc1cc(C(F)F)c(CCl)cn1. The zero-order valence-electron chi connectivity index (χ0n) is 9.25. The second-order valence-corrected chi connectivity index (χ2v) is 3.56. The van der Waals surface area contributed by atoms with Gasteiger partial charge in [-0.1, -0.05) is 0 Å². The first-order valence-electron chi connectivity index (χ1n) is 5.05. The summed E-state index contributed by atoms with van der Waals surface area (Å²) in [6.07, 6.45) is -1.48. The molecule has 6 heteroatoms. The highest BCUT2D eigenvalue weighted by atomic mass is 35.5. The van der Waals surface area contributed by atoms with Gasteiger partial charge >= 0.3 is 5.97 Å². The molecule has 3 nitrogen and oxygen atoms in total. The lowest BCUT2D eigenvalue weighted by atomic mass is 10.1. The maximum Gasteiger partial charge on any atom is 0.311 e. The molecule has 0 aromatic carbocycles.